The van der Waals surface area contributed by atoms with Crippen LogP contribution in [0.1, 0.15) is 46.4 Å². The fraction of sp³-hybridized carbons (Fsp3) is 0.207. The van der Waals surface area contributed by atoms with E-state index in [2.05, 4.69) is 37.0 Å². The van der Waals surface area contributed by atoms with Crippen LogP contribution in [-0.4, -0.2) is 15.9 Å². The molecule has 4 aromatic rings. The molecule has 0 saturated heterocycles. The Bertz CT molecular complexity index is 1380. The molecule has 0 spiro atoms. The predicted molar refractivity (Wildman–Crippen MR) is 129 cm³/mol. The predicted octanol–water partition coefficient (Wildman–Crippen LogP) is 6.58. The summed E-state index contributed by atoms with van der Waals surface area (Å²) in [6.45, 7) is 7.99. The third-order valence-electron chi connectivity index (χ3n) is 7.02. The third kappa shape index (κ3) is 2.85. The van der Waals surface area contributed by atoms with Crippen molar-refractivity contribution in [3.8, 4) is 0 Å². The van der Waals surface area contributed by atoms with Gasteiger partial charge in [-0.25, -0.2) is 0 Å². The summed E-state index contributed by atoms with van der Waals surface area (Å²) in [6, 6.07) is 24.2. The molecule has 1 heterocycles. The molecule has 0 fully saturated rings. The minimum absolute atomic E-state index is 0.0260. The average molecular weight is 422 g/mol. The van der Waals surface area contributed by atoms with Crippen molar-refractivity contribution < 1.29 is 9.90 Å². The molecule has 0 aliphatic heterocycles. The number of nitrogens with one attached hydrogen (secondary N) is 1. The van der Waals surface area contributed by atoms with Gasteiger partial charge in [-0.2, -0.15) is 0 Å². The van der Waals surface area contributed by atoms with Gasteiger partial charge in [0.25, 0.3) is 0 Å². The van der Waals surface area contributed by atoms with Gasteiger partial charge in [-0.3, -0.25) is 4.79 Å². The Morgan fingerprint density at radius 1 is 0.875 bits per heavy atom. The molecule has 1 aromatic heterocycles. The first-order valence-electron chi connectivity index (χ1n) is 11.0. The van der Waals surface area contributed by atoms with E-state index in [9.17, 15) is 9.90 Å². The first kappa shape index (κ1) is 20.3. The topological polar surface area (TPSA) is 53.1 Å². The molecule has 160 valence electrons. The molecule has 32 heavy (non-hydrogen) atoms. The van der Waals surface area contributed by atoms with Crippen LogP contribution >= 0.6 is 0 Å². The number of hydrogen-bond acceptors (Lipinski definition) is 2. The maximum absolute atomic E-state index is 13.7. The number of ketones is 1. The van der Waals surface area contributed by atoms with Gasteiger partial charge in [0.05, 0.1) is 5.92 Å². The van der Waals surface area contributed by atoms with Crippen molar-refractivity contribution in [2.75, 3.05) is 0 Å². The van der Waals surface area contributed by atoms with Gasteiger partial charge in [0.2, 0.25) is 0 Å². The highest BCUT2D eigenvalue weighted by molar-refractivity contribution is 6.14. The lowest BCUT2D eigenvalue weighted by Crippen LogP contribution is -2.47. The molecule has 3 heteroatoms. The molecule has 5 rings (SSSR count). The summed E-state index contributed by atoms with van der Waals surface area (Å²) < 4.78 is 0. The quantitative estimate of drug-likeness (QED) is 0.391. The Morgan fingerprint density at radius 2 is 1.53 bits per heavy atom. The van der Waals surface area contributed by atoms with Gasteiger partial charge in [0.15, 0.2) is 5.78 Å². The molecule has 2 N–H and O–H groups in total. The van der Waals surface area contributed by atoms with Gasteiger partial charge in [-0.15, -0.1) is 0 Å². The van der Waals surface area contributed by atoms with Gasteiger partial charge < -0.3 is 10.1 Å². The van der Waals surface area contributed by atoms with Crippen LogP contribution in [0.5, 0.6) is 0 Å². The highest BCUT2D eigenvalue weighted by Crippen LogP contribution is 2.51. The van der Waals surface area contributed by atoms with E-state index in [1.165, 1.54) is 5.56 Å². The molecular weight excluding hydrogens is 394 g/mol. The lowest BCUT2D eigenvalue weighted by Gasteiger charge is -2.41. The minimum Gasteiger partial charge on any atom is -0.510 e. The number of hydrogen-bond donors (Lipinski definition) is 2. The highest BCUT2D eigenvalue weighted by Gasteiger charge is 2.54. The van der Waals surface area contributed by atoms with Crippen LogP contribution in [0, 0.1) is 20.8 Å². The number of allylic oxidation sites excluding steroid dienone is 2. The Balaban J connectivity index is 1.71. The number of aliphatic hydroxyl groups is 1. The van der Waals surface area contributed by atoms with Crippen LogP contribution in [0.2, 0.25) is 0 Å². The van der Waals surface area contributed by atoms with Crippen molar-refractivity contribution in [2.45, 2.75) is 39.0 Å². The number of aliphatic hydroxyl groups excluding tert-OH is 1. The van der Waals surface area contributed by atoms with E-state index in [0.717, 1.165) is 38.9 Å². The standard InChI is InChI=1S/C29H27NO2/c1-17-10-13-21(14-11-17)29(4)27(31)25(28(29)32)24(20-8-6-5-7-9-20)26-19(3)22-15-12-18(2)16-23(22)30-26/h5-16,24,30-31H,1-4H3. The molecule has 2 atom stereocenters. The highest BCUT2D eigenvalue weighted by atomic mass is 16.3. The van der Waals surface area contributed by atoms with Crippen molar-refractivity contribution in [3.05, 3.63) is 118 Å². The number of fused-ring (bicyclic) bond motifs is 1. The second kappa shape index (κ2) is 7.23. The number of rotatable bonds is 4. The van der Waals surface area contributed by atoms with Crippen LogP contribution < -0.4 is 0 Å². The second-order valence-corrected chi connectivity index (χ2v) is 9.14. The molecular formula is C29H27NO2. The lowest BCUT2D eigenvalue weighted by atomic mass is 9.60. The minimum atomic E-state index is -1.01. The molecule has 3 nitrogen and oxygen atoms in total. The van der Waals surface area contributed by atoms with Crippen LogP contribution in [0.15, 0.2) is 84.1 Å². The first-order valence-corrected chi connectivity index (χ1v) is 11.0. The fourth-order valence-corrected chi connectivity index (χ4v) is 5.00. The zero-order chi connectivity index (χ0) is 22.6. The smallest absolute Gasteiger partial charge is 0.181 e. The summed E-state index contributed by atoms with van der Waals surface area (Å²) in [7, 11) is 0. The fourth-order valence-electron chi connectivity index (χ4n) is 5.00. The molecule has 0 amide bonds. The Hall–Kier alpha value is -3.59. The van der Waals surface area contributed by atoms with Crippen LogP contribution in [0.25, 0.3) is 10.9 Å². The molecule has 2 unspecified atom stereocenters. The number of benzene rings is 3. The summed E-state index contributed by atoms with van der Waals surface area (Å²) in [6.07, 6.45) is 0. The Morgan fingerprint density at radius 3 is 2.19 bits per heavy atom. The summed E-state index contributed by atoms with van der Waals surface area (Å²) in [5.41, 5.74) is 6.69. The monoisotopic (exact) mass is 421 g/mol. The van der Waals surface area contributed by atoms with Crippen molar-refractivity contribution in [2.24, 2.45) is 0 Å². The van der Waals surface area contributed by atoms with Gasteiger partial charge >= 0.3 is 0 Å². The maximum Gasteiger partial charge on any atom is 0.181 e. The largest absolute Gasteiger partial charge is 0.510 e. The van der Waals surface area contributed by atoms with Crippen LogP contribution in [0.3, 0.4) is 0 Å². The normalized spacial score (nSPS) is 19.3. The van der Waals surface area contributed by atoms with Crippen LogP contribution in [-0.2, 0) is 10.2 Å². The molecule has 0 saturated carbocycles. The SMILES string of the molecule is Cc1ccc(C2(C)C(=O)C(C(c3ccccc3)c3[nH]c4cc(C)ccc4c3C)=C2O)cc1. The number of Topliss-reactive ketones (excluding diaryl/α,β-unsaturated/α-hetero) is 1. The number of aromatic amines is 1. The van der Waals surface area contributed by atoms with Crippen molar-refractivity contribution in [1.82, 2.24) is 4.98 Å². The van der Waals surface area contributed by atoms with E-state index in [1.54, 1.807) is 0 Å². The number of aryl methyl sites for hydroxylation is 3. The Labute approximate surface area is 188 Å². The van der Waals surface area contributed by atoms with Gasteiger partial charge in [0.1, 0.15) is 11.2 Å². The molecule has 0 radical (unpaired) electrons. The van der Waals surface area contributed by atoms with E-state index in [1.807, 2.05) is 68.4 Å². The van der Waals surface area contributed by atoms with Gasteiger partial charge in [-0.05, 0) is 56.0 Å². The zero-order valence-electron chi connectivity index (χ0n) is 18.9. The molecule has 0 bridgehead atoms. The number of aromatic nitrogens is 1. The van der Waals surface area contributed by atoms with Crippen molar-refractivity contribution in [3.63, 3.8) is 0 Å². The molecule has 1 aliphatic rings. The van der Waals surface area contributed by atoms with Crippen molar-refractivity contribution >= 4 is 16.7 Å². The number of H-pyrrole nitrogens is 1. The summed E-state index contributed by atoms with van der Waals surface area (Å²) >= 11 is 0. The zero-order valence-corrected chi connectivity index (χ0v) is 18.9. The van der Waals surface area contributed by atoms with E-state index in [0.29, 0.717) is 5.57 Å². The lowest BCUT2D eigenvalue weighted by molar-refractivity contribution is -0.123. The second-order valence-electron chi connectivity index (χ2n) is 9.14. The number of carbonyl (C=O) groups is 1. The summed E-state index contributed by atoms with van der Waals surface area (Å²) in [5, 5.41) is 12.5. The summed E-state index contributed by atoms with van der Waals surface area (Å²) in [5.74, 6) is -0.216. The van der Waals surface area contributed by atoms with Crippen molar-refractivity contribution in [1.29, 1.82) is 0 Å². The number of carbonyl (C=O) groups excluding carboxylic acids is 1. The van der Waals surface area contributed by atoms with Gasteiger partial charge in [0, 0.05) is 22.2 Å². The summed E-state index contributed by atoms with van der Waals surface area (Å²) in [4.78, 5) is 17.3. The Kier molecular flexibility index (Phi) is 4.59. The van der Waals surface area contributed by atoms with E-state index < -0.39 is 5.41 Å². The maximum atomic E-state index is 13.7. The van der Waals surface area contributed by atoms with Gasteiger partial charge in [-0.1, -0.05) is 72.3 Å². The molecule has 3 aromatic carbocycles. The molecule has 1 aliphatic carbocycles. The van der Waals surface area contributed by atoms with E-state index >= 15 is 0 Å². The third-order valence-corrected chi connectivity index (χ3v) is 7.02. The van der Waals surface area contributed by atoms with Crippen LogP contribution in [0.4, 0.5) is 0 Å². The average Bonchev–Trinajstić information content (AvgIpc) is 3.12. The van der Waals surface area contributed by atoms with E-state index in [-0.39, 0.29) is 17.5 Å². The van der Waals surface area contributed by atoms with E-state index in [4.69, 9.17) is 0 Å². The first-order chi connectivity index (χ1) is 15.3.